The first-order chi connectivity index (χ1) is 11.1. The van der Waals surface area contributed by atoms with Gasteiger partial charge in [-0.1, -0.05) is 85.5 Å². The minimum Gasteiger partial charge on any atom is -0.483 e. The Morgan fingerprint density at radius 2 is 1.04 bits per heavy atom. The van der Waals surface area contributed by atoms with E-state index >= 15 is 0 Å². The fraction of sp³-hybridized carbons (Fsp3) is 0.889. The maximum Gasteiger partial charge on any atom is 0.323 e. The maximum atomic E-state index is 10.6. The molecule has 2 aliphatic carbocycles. The van der Waals surface area contributed by atoms with Crippen molar-refractivity contribution in [3.05, 3.63) is 0 Å². The Labute approximate surface area is 142 Å². The average Bonchev–Trinajstić information content (AvgIpc) is 2.62. The molecule has 2 aliphatic rings. The van der Waals surface area contributed by atoms with Crippen molar-refractivity contribution in [2.24, 2.45) is 5.73 Å². The van der Waals surface area contributed by atoms with E-state index < -0.39 is 11.5 Å². The summed E-state index contributed by atoms with van der Waals surface area (Å²) in [5, 5.41) is 15.6. The SMILES string of the molecule is C1CCCCC1.CC.CC.NC1(C(=O)O)CCCCC1.O=CO. The second kappa shape index (κ2) is 20.9. The largest absolute Gasteiger partial charge is 0.483 e. The lowest BCUT2D eigenvalue weighted by atomic mass is 9.83. The monoisotopic (exact) mass is 333 g/mol. The highest BCUT2D eigenvalue weighted by Crippen LogP contribution is 2.25. The fourth-order valence-electron chi connectivity index (χ4n) is 2.46. The molecule has 0 amide bonds. The van der Waals surface area contributed by atoms with Gasteiger partial charge in [0.25, 0.3) is 6.47 Å². The van der Waals surface area contributed by atoms with E-state index in [2.05, 4.69) is 0 Å². The number of carbonyl (C=O) groups is 2. The van der Waals surface area contributed by atoms with Crippen LogP contribution in [0.2, 0.25) is 0 Å². The van der Waals surface area contributed by atoms with Crippen LogP contribution in [0.1, 0.15) is 98.3 Å². The number of nitrogens with two attached hydrogens (primary N) is 1. The van der Waals surface area contributed by atoms with Gasteiger partial charge in [-0.3, -0.25) is 9.59 Å². The summed E-state index contributed by atoms with van der Waals surface area (Å²) in [5.41, 5.74) is 4.70. The summed E-state index contributed by atoms with van der Waals surface area (Å²) >= 11 is 0. The molecule has 0 saturated heterocycles. The van der Waals surface area contributed by atoms with E-state index in [1.807, 2.05) is 27.7 Å². The third-order valence-corrected chi connectivity index (χ3v) is 3.67. The molecule has 0 spiro atoms. The van der Waals surface area contributed by atoms with Gasteiger partial charge >= 0.3 is 5.97 Å². The van der Waals surface area contributed by atoms with Crippen LogP contribution in [0.3, 0.4) is 0 Å². The maximum absolute atomic E-state index is 10.6. The van der Waals surface area contributed by atoms with Gasteiger partial charge in [-0.15, -0.1) is 0 Å². The van der Waals surface area contributed by atoms with Crippen LogP contribution in [0.25, 0.3) is 0 Å². The molecular formula is C18H39NO4. The Kier molecular flexibility index (Phi) is 24.3. The molecule has 0 aromatic rings. The van der Waals surface area contributed by atoms with Crippen molar-refractivity contribution < 1.29 is 19.8 Å². The zero-order valence-electron chi connectivity index (χ0n) is 15.6. The van der Waals surface area contributed by atoms with Crippen LogP contribution in [0.4, 0.5) is 0 Å². The average molecular weight is 334 g/mol. The molecule has 140 valence electrons. The van der Waals surface area contributed by atoms with Gasteiger partial charge in [-0.05, 0) is 12.8 Å². The van der Waals surface area contributed by atoms with Gasteiger partial charge in [0.05, 0.1) is 0 Å². The number of rotatable bonds is 1. The molecule has 0 radical (unpaired) electrons. The zero-order chi connectivity index (χ0) is 18.6. The normalized spacial score (nSPS) is 17.8. The molecule has 5 nitrogen and oxygen atoms in total. The van der Waals surface area contributed by atoms with Crippen LogP contribution >= 0.6 is 0 Å². The molecule has 0 atom stereocenters. The number of hydrogen-bond donors (Lipinski definition) is 3. The molecule has 0 aromatic heterocycles. The molecule has 0 bridgehead atoms. The molecule has 5 heteroatoms. The molecule has 2 rings (SSSR count). The Morgan fingerprint density at radius 1 is 0.826 bits per heavy atom. The number of aliphatic carboxylic acids is 1. The Morgan fingerprint density at radius 3 is 1.22 bits per heavy atom. The third kappa shape index (κ3) is 17.1. The summed E-state index contributed by atoms with van der Waals surface area (Å²) in [7, 11) is 0. The number of hydrogen-bond acceptors (Lipinski definition) is 3. The van der Waals surface area contributed by atoms with Crippen LogP contribution in [0, 0.1) is 0 Å². The highest BCUT2D eigenvalue weighted by atomic mass is 16.4. The van der Waals surface area contributed by atoms with Crippen LogP contribution < -0.4 is 5.73 Å². The number of carboxylic acid groups (broad SMARTS) is 2. The summed E-state index contributed by atoms with van der Waals surface area (Å²) in [4.78, 5) is 18.9. The molecule has 23 heavy (non-hydrogen) atoms. The van der Waals surface area contributed by atoms with Crippen molar-refractivity contribution in [3.63, 3.8) is 0 Å². The van der Waals surface area contributed by atoms with E-state index in [-0.39, 0.29) is 6.47 Å². The number of carboxylic acids is 1. The van der Waals surface area contributed by atoms with Gasteiger partial charge < -0.3 is 15.9 Å². The first-order valence-electron chi connectivity index (χ1n) is 9.17. The van der Waals surface area contributed by atoms with Crippen molar-refractivity contribution >= 4 is 12.4 Å². The summed E-state index contributed by atoms with van der Waals surface area (Å²) in [6, 6.07) is 0. The van der Waals surface area contributed by atoms with Crippen LogP contribution in [-0.4, -0.2) is 28.2 Å². The zero-order valence-corrected chi connectivity index (χ0v) is 15.6. The molecule has 0 aromatic carbocycles. The van der Waals surface area contributed by atoms with Crippen molar-refractivity contribution in [1.82, 2.24) is 0 Å². The summed E-state index contributed by atoms with van der Waals surface area (Å²) < 4.78 is 0. The van der Waals surface area contributed by atoms with E-state index in [0.717, 1.165) is 19.3 Å². The Balaban J connectivity index is -0.000000263. The van der Waals surface area contributed by atoms with Gasteiger partial charge in [0.2, 0.25) is 0 Å². The van der Waals surface area contributed by atoms with Crippen molar-refractivity contribution in [2.45, 2.75) is 104 Å². The standard InChI is InChI=1S/C7H13NO2.C6H12.2C2H6.CH2O2/c8-7(6(9)10)4-2-1-3-5-7;1-2-4-6-5-3-1;2*1-2;2-1-3/h1-5,8H2,(H,9,10);1-6H2;2*1-2H3;1H,(H,2,3). The van der Waals surface area contributed by atoms with Crippen LogP contribution in [-0.2, 0) is 9.59 Å². The minimum atomic E-state index is -0.905. The summed E-state index contributed by atoms with van der Waals surface area (Å²) in [6.45, 7) is 7.75. The first kappa shape index (κ1) is 26.8. The molecule has 0 heterocycles. The van der Waals surface area contributed by atoms with E-state index in [4.69, 9.17) is 20.7 Å². The molecule has 0 unspecified atom stereocenters. The van der Waals surface area contributed by atoms with Gasteiger partial charge in [-0.25, -0.2) is 0 Å². The summed E-state index contributed by atoms with van der Waals surface area (Å²) in [5.74, 6) is -0.841. The fourth-order valence-corrected chi connectivity index (χ4v) is 2.46. The van der Waals surface area contributed by atoms with Crippen molar-refractivity contribution in [3.8, 4) is 0 Å². The second-order valence-corrected chi connectivity index (χ2v) is 5.25. The van der Waals surface area contributed by atoms with Gasteiger partial charge in [0, 0.05) is 0 Å². The summed E-state index contributed by atoms with van der Waals surface area (Å²) in [6.07, 6.45) is 13.3. The molecule has 2 fully saturated rings. The first-order valence-corrected chi connectivity index (χ1v) is 9.17. The highest BCUT2D eigenvalue weighted by molar-refractivity contribution is 5.78. The minimum absolute atomic E-state index is 0.250. The van der Waals surface area contributed by atoms with E-state index in [0.29, 0.717) is 12.8 Å². The van der Waals surface area contributed by atoms with Gasteiger partial charge in [0.1, 0.15) is 5.54 Å². The molecule has 0 aliphatic heterocycles. The van der Waals surface area contributed by atoms with E-state index in [1.54, 1.807) is 0 Å². The molecule has 4 N–H and O–H groups in total. The van der Waals surface area contributed by atoms with Crippen molar-refractivity contribution in [1.29, 1.82) is 0 Å². The smallest absolute Gasteiger partial charge is 0.323 e. The Hall–Kier alpha value is -1.10. The molecule has 2 saturated carbocycles. The second-order valence-electron chi connectivity index (χ2n) is 5.25. The lowest BCUT2D eigenvalue weighted by molar-refractivity contribution is -0.144. The lowest BCUT2D eigenvalue weighted by Crippen LogP contribution is -2.49. The predicted octanol–water partition coefficient (Wildman–Crippen LogP) is 4.83. The third-order valence-electron chi connectivity index (χ3n) is 3.67. The topological polar surface area (TPSA) is 101 Å². The molecular weight excluding hydrogens is 294 g/mol. The lowest BCUT2D eigenvalue weighted by Gasteiger charge is -2.28. The van der Waals surface area contributed by atoms with E-state index in [1.165, 1.54) is 38.5 Å². The van der Waals surface area contributed by atoms with Gasteiger partial charge in [0.15, 0.2) is 0 Å². The van der Waals surface area contributed by atoms with Crippen LogP contribution in [0.5, 0.6) is 0 Å². The predicted molar refractivity (Wildman–Crippen MR) is 96.7 cm³/mol. The van der Waals surface area contributed by atoms with E-state index in [9.17, 15) is 4.79 Å². The van der Waals surface area contributed by atoms with Crippen molar-refractivity contribution in [2.75, 3.05) is 0 Å². The quantitative estimate of drug-likeness (QED) is 0.597. The Bertz CT molecular complexity index is 236. The van der Waals surface area contributed by atoms with Crippen LogP contribution in [0.15, 0.2) is 0 Å². The van der Waals surface area contributed by atoms with Gasteiger partial charge in [-0.2, -0.15) is 0 Å². The highest BCUT2D eigenvalue weighted by Gasteiger charge is 2.34.